The maximum atomic E-state index is 5.01. The van der Waals surface area contributed by atoms with Crippen molar-refractivity contribution in [2.45, 2.75) is 6.61 Å². The molecule has 1 heterocycles. The molecule has 2 nitrogen and oxygen atoms in total. The van der Waals surface area contributed by atoms with Crippen LogP contribution in [0.4, 0.5) is 0 Å². The van der Waals surface area contributed by atoms with Gasteiger partial charge in [0.25, 0.3) is 0 Å². The van der Waals surface area contributed by atoms with Crippen LogP contribution in [0, 0.1) is 0 Å². The van der Waals surface area contributed by atoms with E-state index in [1.807, 2.05) is 12.1 Å². The summed E-state index contributed by atoms with van der Waals surface area (Å²) in [6, 6.07) is 12.6. The Hall–Kier alpha value is -1.83. The first kappa shape index (κ1) is 7.56. The molecule has 0 fully saturated rings. The smallest absolute Gasteiger partial charge is 0.142 e. The molecule has 0 radical (unpaired) electrons. The van der Waals surface area contributed by atoms with Gasteiger partial charge in [0.1, 0.15) is 6.61 Å². The minimum atomic E-state index is 0.580. The lowest BCUT2D eigenvalue weighted by Crippen LogP contribution is -2.00. The van der Waals surface area contributed by atoms with E-state index in [1.165, 1.54) is 16.3 Å². The van der Waals surface area contributed by atoms with E-state index in [1.54, 1.807) is 6.21 Å². The van der Waals surface area contributed by atoms with E-state index in [0.717, 1.165) is 5.56 Å². The van der Waals surface area contributed by atoms with Crippen LogP contribution in [0.2, 0.25) is 0 Å². The summed E-state index contributed by atoms with van der Waals surface area (Å²) in [5, 5.41) is 6.30. The molecule has 2 aromatic carbocycles. The summed E-state index contributed by atoms with van der Waals surface area (Å²) >= 11 is 0. The van der Waals surface area contributed by atoms with Crippen molar-refractivity contribution in [1.29, 1.82) is 0 Å². The fourth-order valence-corrected chi connectivity index (χ4v) is 1.75. The summed E-state index contributed by atoms with van der Waals surface area (Å²) in [4.78, 5) is 5.01. The summed E-state index contributed by atoms with van der Waals surface area (Å²) in [7, 11) is 0. The number of nitrogens with zero attached hydrogens (tertiary/aromatic N) is 1. The van der Waals surface area contributed by atoms with Gasteiger partial charge in [0, 0.05) is 11.1 Å². The van der Waals surface area contributed by atoms with Crippen molar-refractivity contribution in [3.8, 4) is 0 Å². The van der Waals surface area contributed by atoms with E-state index in [4.69, 9.17) is 4.84 Å². The molecule has 14 heavy (non-hydrogen) atoms. The van der Waals surface area contributed by atoms with Gasteiger partial charge in [-0.3, -0.25) is 0 Å². The number of hydrogen-bond acceptors (Lipinski definition) is 2. The third-order valence-electron chi connectivity index (χ3n) is 2.49. The van der Waals surface area contributed by atoms with Crippen molar-refractivity contribution >= 4 is 17.0 Å². The van der Waals surface area contributed by atoms with Crippen LogP contribution in [0.5, 0.6) is 0 Å². The summed E-state index contributed by atoms with van der Waals surface area (Å²) in [6.07, 6.45) is 1.77. The molecule has 0 saturated heterocycles. The van der Waals surface area contributed by atoms with Crippen LogP contribution in [0.15, 0.2) is 41.6 Å². The molecule has 0 atom stereocenters. The molecular formula is C12H9NO. The lowest BCUT2D eigenvalue weighted by molar-refractivity contribution is 0.128. The molecule has 0 N–H and O–H groups in total. The maximum Gasteiger partial charge on any atom is 0.142 e. The fourth-order valence-electron chi connectivity index (χ4n) is 1.75. The van der Waals surface area contributed by atoms with Crippen molar-refractivity contribution in [2.75, 3.05) is 0 Å². The maximum absolute atomic E-state index is 5.01. The van der Waals surface area contributed by atoms with Gasteiger partial charge in [-0.15, -0.1) is 0 Å². The molecule has 0 saturated carbocycles. The molecule has 3 rings (SSSR count). The van der Waals surface area contributed by atoms with E-state index < -0.39 is 0 Å². The van der Waals surface area contributed by atoms with E-state index >= 15 is 0 Å². The van der Waals surface area contributed by atoms with Crippen molar-refractivity contribution in [3.63, 3.8) is 0 Å². The normalized spacial score (nSPS) is 13.7. The lowest BCUT2D eigenvalue weighted by Gasteiger charge is -2.10. The molecule has 0 spiro atoms. The summed E-state index contributed by atoms with van der Waals surface area (Å²) in [5.41, 5.74) is 2.37. The highest BCUT2D eigenvalue weighted by Gasteiger charge is 2.07. The van der Waals surface area contributed by atoms with E-state index in [2.05, 4.69) is 29.4 Å². The first-order chi connectivity index (χ1) is 6.93. The Bertz CT molecular complexity index is 517. The van der Waals surface area contributed by atoms with Crippen molar-refractivity contribution in [3.05, 3.63) is 47.5 Å². The Morgan fingerprint density at radius 3 is 2.71 bits per heavy atom. The summed E-state index contributed by atoms with van der Waals surface area (Å²) < 4.78 is 0. The highest BCUT2D eigenvalue weighted by atomic mass is 16.6. The average molecular weight is 183 g/mol. The highest BCUT2D eigenvalue weighted by Crippen LogP contribution is 2.21. The number of fused-ring (bicyclic) bond motifs is 2. The number of hydrogen-bond donors (Lipinski definition) is 0. The molecule has 0 aliphatic carbocycles. The minimum Gasteiger partial charge on any atom is -0.391 e. The topological polar surface area (TPSA) is 21.6 Å². The zero-order valence-electron chi connectivity index (χ0n) is 7.60. The zero-order valence-corrected chi connectivity index (χ0v) is 7.60. The second kappa shape index (κ2) is 2.84. The molecule has 0 bridgehead atoms. The largest absolute Gasteiger partial charge is 0.391 e. The van der Waals surface area contributed by atoms with Crippen LogP contribution < -0.4 is 0 Å². The number of benzene rings is 2. The van der Waals surface area contributed by atoms with Gasteiger partial charge in [-0.1, -0.05) is 29.4 Å². The van der Waals surface area contributed by atoms with Crippen molar-refractivity contribution in [2.24, 2.45) is 5.16 Å². The first-order valence-electron chi connectivity index (χ1n) is 4.60. The van der Waals surface area contributed by atoms with E-state index in [0.29, 0.717) is 6.61 Å². The van der Waals surface area contributed by atoms with Crippen LogP contribution in [-0.4, -0.2) is 6.21 Å². The van der Waals surface area contributed by atoms with Gasteiger partial charge < -0.3 is 4.84 Å². The van der Waals surface area contributed by atoms with Crippen LogP contribution in [0.3, 0.4) is 0 Å². The summed E-state index contributed by atoms with van der Waals surface area (Å²) in [6.45, 7) is 0.580. The third kappa shape index (κ3) is 1.08. The Labute approximate surface area is 81.8 Å². The second-order valence-corrected chi connectivity index (χ2v) is 3.41. The first-order valence-corrected chi connectivity index (χ1v) is 4.60. The number of rotatable bonds is 0. The molecule has 68 valence electrons. The SMILES string of the molecule is C1=NOCc2cc3ccccc3cc21. The predicted octanol–water partition coefficient (Wildman–Crippen LogP) is 2.70. The van der Waals surface area contributed by atoms with Crippen LogP contribution in [0.25, 0.3) is 10.8 Å². The Morgan fingerprint density at radius 2 is 1.86 bits per heavy atom. The van der Waals surface area contributed by atoms with Gasteiger partial charge in [0.05, 0.1) is 6.21 Å². The van der Waals surface area contributed by atoms with Crippen molar-refractivity contribution < 1.29 is 4.84 Å². The predicted molar refractivity (Wildman–Crippen MR) is 56.3 cm³/mol. The molecule has 2 aromatic rings. The summed E-state index contributed by atoms with van der Waals surface area (Å²) in [5.74, 6) is 0. The van der Waals surface area contributed by atoms with E-state index in [9.17, 15) is 0 Å². The Morgan fingerprint density at radius 1 is 1.07 bits per heavy atom. The highest BCUT2D eigenvalue weighted by molar-refractivity contribution is 5.92. The Balaban J connectivity index is 2.34. The third-order valence-corrected chi connectivity index (χ3v) is 2.49. The molecule has 0 unspecified atom stereocenters. The van der Waals surface area contributed by atoms with Crippen LogP contribution >= 0.6 is 0 Å². The molecule has 2 heteroatoms. The molecule has 0 aromatic heterocycles. The fraction of sp³-hybridized carbons (Fsp3) is 0.0833. The van der Waals surface area contributed by atoms with Gasteiger partial charge in [-0.2, -0.15) is 0 Å². The van der Waals surface area contributed by atoms with Crippen molar-refractivity contribution in [1.82, 2.24) is 0 Å². The van der Waals surface area contributed by atoms with Crippen LogP contribution in [0.1, 0.15) is 11.1 Å². The van der Waals surface area contributed by atoms with E-state index in [-0.39, 0.29) is 0 Å². The average Bonchev–Trinajstić information content (AvgIpc) is 2.26. The van der Waals surface area contributed by atoms with Crippen LogP contribution in [-0.2, 0) is 11.4 Å². The van der Waals surface area contributed by atoms with Gasteiger partial charge in [0.15, 0.2) is 0 Å². The second-order valence-electron chi connectivity index (χ2n) is 3.41. The zero-order chi connectivity index (χ0) is 9.38. The minimum absolute atomic E-state index is 0.580. The molecular weight excluding hydrogens is 174 g/mol. The number of oxime groups is 1. The molecule has 1 aliphatic heterocycles. The molecule has 0 amide bonds. The van der Waals surface area contributed by atoms with Gasteiger partial charge in [-0.25, -0.2) is 0 Å². The Kier molecular flexibility index (Phi) is 1.53. The van der Waals surface area contributed by atoms with Gasteiger partial charge in [-0.05, 0) is 22.9 Å². The standard InChI is InChI=1S/C12H9NO/c1-2-4-10-6-12-8-14-13-7-11(12)5-9(10)3-1/h1-7H,8H2. The molecule has 1 aliphatic rings. The van der Waals surface area contributed by atoms with Gasteiger partial charge in [0.2, 0.25) is 0 Å². The lowest BCUT2D eigenvalue weighted by atomic mass is 10.0. The van der Waals surface area contributed by atoms with Gasteiger partial charge >= 0.3 is 0 Å². The monoisotopic (exact) mass is 183 g/mol. The quantitative estimate of drug-likeness (QED) is 0.615.